The molecule has 0 radical (unpaired) electrons. The van der Waals surface area contributed by atoms with Crippen molar-refractivity contribution in [1.29, 1.82) is 0 Å². The molecular weight excluding hydrogens is 394 g/mol. The van der Waals surface area contributed by atoms with Gasteiger partial charge in [-0.25, -0.2) is 13.6 Å². The minimum Gasteiger partial charge on any atom is -0.496 e. The summed E-state index contributed by atoms with van der Waals surface area (Å²) in [5, 5.41) is 2.72. The van der Waals surface area contributed by atoms with Crippen LogP contribution in [-0.2, 0) is 9.53 Å². The highest BCUT2D eigenvalue weighted by atomic mass is 19.1. The zero-order valence-corrected chi connectivity index (χ0v) is 16.4. The fourth-order valence-electron chi connectivity index (χ4n) is 3.90. The summed E-state index contributed by atoms with van der Waals surface area (Å²) in [5.41, 5.74) is 2.62. The first-order valence-electron chi connectivity index (χ1n) is 9.10. The fraction of sp³-hybridized carbons (Fsp3) is 0.182. The van der Waals surface area contributed by atoms with Crippen molar-refractivity contribution in [2.75, 3.05) is 19.5 Å². The van der Waals surface area contributed by atoms with Crippen molar-refractivity contribution in [3.05, 3.63) is 70.4 Å². The number of H-pyrrole nitrogens is 1. The molecule has 30 heavy (non-hydrogen) atoms. The topological polar surface area (TPSA) is 80.4 Å². The van der Waals surface area contributed by atoms with E-state index < -0.39 is 29.4 Å². The Hall–Kier alpha value is -3.68. The number of hydrogen-bond donors (Lipinski definition) is 2. The molecule has 2 heterocycles. The van der Waals surface area contributed by atoms with E-state index in [4.69, 9.17) is 9.47 Å². The van der Waals surface area contributed by atoms with E-state index in [0.29, 0.717) is 33.8 Å². The quantitative estimate of drug-likeness (QED) is 0.631. The number of anilines is 1. The maximum absolute atomic E-state index is 14.0. The number of ether oxygens (including phenoxy) is 2. The number of halogens is 2. The van der Waals surface area contributed by atoms with Crippen LogP contribution >= 0.6 is 0 Å². The van der Waals surface area contributed by atoms with Crippen molar-refractivity contribution >= 4 is 17.6 Å². The van der Waals surface area contributed by atoms with E-state index in [0.717, 1.165) is 0 Å². The zero-order valence-electron chi connectivity index (χ0n) is 16.4. The molecule has 0 saturated heterocycles. The molecule has 4 rings (SSSR count). The molecule has 6 nitrogen and oxygen atoms in total. The molecule has 0 spiro atoms. The number of aromatic nitrogens is 1. The lowest BCUT2D eigenvalue weighted by Gasteiger charge is -2.15. The van der Waals surface area contributed by atoms with Crippen LogP contribution < -0.4 is 10.1 Å². The summed E-state index contributed by atoms with van der Waals surface area (Å²) in [7, 11) is 2.63. The van der Waals surface area contributed by atoms with Gasteiger partial charge in [0.1, 0.15) is 17.4 Å². The molecule has 0 saturated carbocycles. The van der Waals surface area contributed by atoms with E-state index in [1.165, 1.54) is 50.6 Å². The zero-order chi connectivity index (χ0) is 21.6. The third kappa shape index (κ3) is 3.01. The molecule has 0 bridgehead atoms. The highest BCUT2D eigenvalue weighted by molar-refractivity contribution is 6.08. The monoisotopic (exact) mass is 412 g/mol. The second-order valence-corrected chi connectivity index (χ2v) is 6.90. The van der Waals surface area contributed by atoms with Gasteiger partial charge in [-0.2, -0.15) is 0 Å². The van der Waals surface area contributed by atoms with Gasteiger partial charge in [-0.1, -0.05) is 0 Å². The van der Waals surface area contributed by atoms with Crippen LogP contribution in [0.2, 0.25) is 0 Å². The Morgan fingerprint density at radius 2 is 1.77 bits per heavy atom. The van der Waals surface area contributed by atoms with E-state index in [1.54, 1.807) is 6.92 Å². The Balaban J connectivity index is 2.04. The summed E-state index contributed by atoms with van der Waals surface area (Å²) in [5.74, 6) is -2.83. The number of methoxy groups -OCH3 is 2. The lowest BCUT2D eigenvalue weighted by atomic mass is 9.87. The third-order valence-electron chi connectivity index (χ3n) is 5.18. The summed E-state index contributed by atoms with van der Waals surface area (Å²) < 4.78 is 38.0. The smallest absolute Gasteiger partial charge is 0.340 e. The second kappa shape index (κ2) is 7.29. The molecule has 8 heteroatoms. The van der Waals surface area contributed by atoms with E-state index >= 15 is 0 Å². The van der Waals surface area contributed by atoms with Gasteiger partial charge >= 0.3 is 5.97 Å². The van der Waals surface area contributed by atoms with Crippen molar-refractivity contribution < 1.29 is 27.8 Å². The lowest BCUT2D eigenvalue weighted by molar-refractivity contribution is -0.116. The molecule has 154 valence electrons. The Labute approximate surface area is 170 Å². The Kier molecular flexibility index (Phi) is 4.77. The maximum Gasteiger partial charge on any atom is 0.340 e. The minimum atomic E-state index is -0.973. The van der Waals surface area contributed by atoms with Crippen LogP contribution in [0.5, 0.6) is 5.75 Å². The van der Waals surface area contributed by atoms with Gasteiger partial charge < -0.3 is 19.8 Å². The first-order chi connectivity index (χ1) is 14.3. The molecule has 3 aromatic rings. The number of rotatable bonds is 4. The summed E-state index contributed by atoms with van der Waals surface area (Å²) in [6.07, 6.45) is 0. The van der Waals surface area contributed by atoms with Crippen molar-refractivity contribution in [3.63, 3.8) is 0 Å². The highest BCUT2D eigenvalue weighted by Crippen LogP contribution is 2.45. The average molecular weight is 412 g/mol. The first kappa shape index (κ1) is 19.6. The number of carbonyl (C=O) groups is 2. The summed E-state index contributed by atoms with van der Waals surface area (Å²) in [6, 6.07) is 7.91. The van der Waals surface area contributed by atoms with Gasteiger partial charge in [-0.15, -0.1) is 0 Å². The number of aromatic amines is 1. The van der Waals surface area contributed by atoms with Crippen molar-refractivity contribution in [3.8, 4) is 17.0 Å². The van der Waals surface area contributed by atoms with E-state index in [1.807, 2.05) is 0 Å². The SMILES string of the molecule is COC(=O)c1c(C)[nH]c(-c2ccc(F)cc2OC)c1[C@H]1C(=O)Nc2ccc(F)cc21. The predicted molar refractivity (Wildman–Crippen MR) is 106 cm³/mol. The summed E-state index contributed by atoms with van der Waals surface area (Å²) >= 11 is 0. The molecule has 0 fully saturated rings. The van der Waals surface area contributed by atoms with E-state index in [2.05, 4.69) is 10.3 Å². The van der Waals surface area contributed by atoms with Crippen molar-refractivity contribution in [2.24, 2.45) is 0 Å². The number of carbonyl (C=O) groups excluding carboxylic acids is 2. The minimum absolute atomic E-state index is 0.163. The fourth-order valence-corrected chi connectivity index (χ4v) is 3.90. The molecule has 1 aromatic heterocycles. The number of fused-ring (bicyclic) bond motifs is 1. The molecule has 0 unspecified atom stereocenters. The van der Waals surface area contributed by atoms with Gasteiger partial charge in [0.2, 0.25) is 5.91 Å². The standard InChI is InChI=1S/C22H18F2N2O4/c1-10-17(22(28)30-3)19(18-14-8-11(23)5-7-15(14)26-21(18)27)20(25-10)13-6-4-12(24)9-16(13)29-2/h4-9,18,25H,1-3H3,(H,26,27)/t18-/m0/s1. The largest absolute Gasteiger partial charge is 0.496 e. The van der Waals surface area contributed by atoms with E-state index in [9.17, 15) is 18.4 Å². The van der Waals surface area contributed by atoms with Crippen molar-refractivity contribution in [1.82, 2.24) is 4.98 Å². The number of esters is 1. The van der Waals surface area contributed by atoms with Gasteiger partial charge in [0.05, 0.1) is 31.4 Å². The molecule has 0 aliphatic carbocycles. The molecule has 1 amide bonds. The Morgan fingerprint density at radius 1 is 1.07 bits per heavy atom. The van der Waals surface area contributed by atoms with Gasteiger partial charge in [0.25, 0.3) is 0 Å². The van der Waals surface area contributed by atoms with Gasteiger partial charge in [0.15, 0.2) is 0 Å². The summed E-state index contributed by atoms with van der Waals surface area (Å²) in [6.45, 7) is 1.66. The van der Waals surface area contributed by atoms with Crippen LogP contribution in [0.1, 0.15) is 33.1 Å². The predicted octanol–water partition coefficient (Wildman–Crippen LogP) is 4.15. The Bertz CT molecular complexity index is 1190. The molecule has 1 atom stereocenters. The van der Waals surface area contributed by atoms with Crippen LogP contribution in [-0.4, -0.2) is 31.1 Å². The molecule has 1 aliphatic rings. The van der Waals surface area contributed by atoms with Crippen molar-refractivity contribution in [2.45, 2.75) is 12.8 Å². The van der Waals surface area contributed by atoms with Gasteiger partial charge in [-0.05, 0) is 42.8 Å². The highest BCUT2D eigenvalue weighted by Gasteiger charge is 2.39. The average Bonchev–Trinajstić information content (AvgIpc) is 3.22. The van der Waals surface area contributed by atoms with Crippen LogP contribution in [0.15, 0.2) is 36.4 Å². The Morgan fingerprint density at radius 3 is 2.47 bits per heavy atom. The van der Waals surface area contributed by atoms with Gasteiger partial charge in [0, 0.05) is 28.6 Å². The first-order valence-corrected chi connectivity index (χ1v) is 9.10. The number of nitrogens with one attached hydrogen (secondary N) is 2. The maximum atomic E-state index is 14.0. The van der Waals surface area contributed by atoms with Gasteiger partial charge in [-0.3, -0.25) is 4.79 Å². The number of benzene rings is 2. The molecular formula is C22H18F2N2O4. The van der Waals surface area contributed by atoms with Crippen LogP contribution in [0.25, 0.3) is 11.3 Å². The van der Waals surface area contributed by atoms with E-state index in [-0.39, 0.29) is 11.3 Å². The second-order valence-electron chi connectivity index (χ2n) is 6.90. The van der Waals surface area contributed by atoms with Crippen LogP contribution in [0, 0.1) is 18.6 Å². The normalized spacial score (nSPS) is 15.0. The van der Waals surface area contributed by atoms with Crippen LogP contribution in [0.3, 0.4) is 0 Å². The summed E-state index contributed by atoms with van der Waals surface area (Å²) in [4.78, 5) is 28.6. The molecule has 2 N–H and O–H groups in total. The molecule has 2 aromatic carbocycles. The molecule has 1 aliphatic heterocycles. The third-order valence-corrected chi connectivity index (χ3v) is 5.18. The van der Waals surface area contributed by atoms with Crippen LogP contribution in [0.4, 0.5) is 14.5 Å². The number of aryl methyl sites for hydroxylation is 1. The number of amides is 1. The lowest BCUT2D eigenvalue weighted by Crippen LogP contribution is -2.17. The number of hydrogen-bond acceptors (Lipinski definition) is 4.